The molecular formula is C18H10. The van der Waals surface area contributed by atoms with Gasteiger partial charge in [0.2, 0.25) is 0 Å². The second-order valence-electron chi connectivity index (χ2n) is 4.16. The maximum atomic E-state index is 5.67. The van der Waals surface area contributed by atoms with Crippen LogP contribution in [0.2, 0.25) is 0 Å². The van der Waals surface area contributed by atoms with Gasteiger partial charge in [0.25, 0.3) is 0 Å². The van der Waals surface area contributed by atoms with Crippen LogP contribution in [0.5, 0.6) is 0 Å². The zero-order valence-electron chi connectivity index (χ0n) is 9.77. The molecule has 0 radical (unpaired) electrons. The normalized spacial score (nSPS) is 10.1. The van der Waals surface area contributed by atoms with E-state index in [1.54, 1.807) is 0 Å². The largest absolute Gasteiger partial charge is 0.115 e. The Morgan fingerprint density at radius 2 is 1.50 bits per heavy atom. The number of terminal acetylenes is 2. The highest BCUT2D eigenvalue weighted by Crippen LogP contribution is 2.29. The molecule has 0 aromatic heterocycles. The third-order valence-corrected chi connectivity index (χ3v) is 3.21. The molecule has 0 amide bonds. The van der Waals surface area contributed by atoms with Crippen LogP contribution in [-0.2, 0) is 0 Å². The molecule has 0 N–H and O–H groups in total. The fourth-order valence-electron chi connectivity index (χ4n) is 2.37. The Labute approximate surface area is 106 Å². The predicted molar refractivity (Wildman–Crippen MR) is 77.3 cm³/mol. The molecule has 0 heterocycles. The molecule has 3 rings (SSSR count). The predicted octanol–water partition coefficient (Wildman–Crippen LogP) is 3.96. The highest BCUT2D eigenvalue weighted by atomic mass is 14.1. The lowest BCUT2D eigenvalue weighted by Crippen LogP contribution is -1.86. The van der Waals surface area contributed by atoms with Crippen LogP contribution in [0.3, 0.4) is 0 Å². The smallest absolute Gasteiger partial charge is 0.0399 e. The Morgan fingerprint density at radius 3 is 2.28 bits per heavy atom. The molecule has 0 aliphatic rings. The molecule has 3 aromatic carbocycles. The van der Waals surface area contributed by atoms with Gasteiger partial charge in [0, 0.05) is 11.1 Å². The Bertz CT molecular complexity index is 839. The summed E-state index contributed by atoms with van der Waals surface area (Å²) < 4.78 is 0. The van der Waals surface area contributed by atoms with Gasteiger partial charge >= 0.3 is 0 Å². The first-order valence-corrected chi connectivity index (χ1v) is 5.73. The summed E-state index contributed by atoms with van der Waals surface area (Å²) >= 11 is 0. The van der Waals surface area contributed by atoms with Crippen LogP contribution in [0.4, 0.5) is 0 Å². The van der Waals surface area contributed by atoms with Crippen molar-refractivity contribution in [2.45, 2.75) is 0 Å². The van der Waals surface area contributed by atoms with Gasteiger partial charge in [0.1, 0.15) is 0 Å². The van der Waals surface area contributed by atoms with Crippen molar-refractivity contribution in [3.8, 4) is 24.7 Å². The van der Waals surface area contributed by atoms with Gasteiger partial charge in [-0.05, 0) is 33.7 Å². The summed E-state index contributed by atoms with van der Waals surface area (Å²) in [6.07, 6.45) is 11.2. The van der Waals surface area contributed by atoms with Crippen molar-refractivity contribution in [2.24, 2.45) is 0 Å². The summed E-state index contributed by atoms with van der Waals surface area (Å²) in [5.74, 6) is 5.51. The first-order chi connectivity index (χ1) is 8.85. The molecule has 0 saturated heterocycles. The minimum atomic E-state index is 0.884. The Balaban J connectivity index is 2.64. The standard InChI is InChI=1S/C18H10/c1-3-13-9-7-11-17-15(4-2)16-10-6-5-8-14(16)12-18(13)17/h1-2,5-12H. The number of rotatable bonds is 0. The zero-order valence-corrected chi connectivity index (χ0v) is 9.77. The van der Waals surface area contributed by atoms with Gasteiger partial charge in [-0.2, -0.15) is 0 Å². The first kappa shape index (κ1) is 10.5. The lowest BCUT2D eigenvalue weighted by atomic mass is 9.95. The molecule has 0 saturated carbocycles. The van der Waals surface area contributed by atoms with Gasteiger partial charge in [-0.1, -0.05) is 48.2 Å². The Hall–Kier alpha value is -2.70. The van der Waals surface area contributed by atoms with Crippen molar-refractivity contribution >= 4 is 21.5 Å². The molecule has 3 aromatic rings. The van der Waals surface area contributed by atoms with E-state index in [9.17, 15) is 0 Å². The second-order valence-corrected chi connectivity index (χ2v) is 4.16. The Kier molecular flexibility index (Phi) is 2.30. The summed E-state index contributed by atoms with van der Waals surface area (Å²) in [4.78, 5) is 0. The highest BCUT2D eigenvalue weighted by Gasteiger charge is 2.07. The van der Waals surface area contributed by atoms with Gasteiger partial charge in [0.05, 0.1) is 0 Å². The van der Waals surface area contributed by atoms with Crippen LogP contribution >= 0.6 is 0 Å². The monoisotopic (exact) mass is 226 g/mol. The van der Waals surface area contributed by atoms with Gasteiger partial charge in [-0.15, -0.1) is 12.8 Å². The van der Waals surface area contributed by atoms with Crippen LogP contribution < -0.4 is 0 Å². The fourth-order valence-corrected chi connectivity index (χ4v) is 2.37. The quantitative estimate of drug-likeness (QED) is 0.402. The minimum Gasteiger partial charge on any atom is -0.115 e. The maximum Gasteiger partial charge on any atom is 0.0399 e. The maximum absolute atomic E-state index is 5.67. The molecule has 82 valence electrons. The molecule has 0 unspecified atom stereocenters. The molecular weight excluding hydrogens is 216 g/mol. The summed E-state index contributed by atoms with van der Waals surface area (Å²) in [5.41, 5.74) is 1.80. The van der Waals surface area contributed by atoms with E-state index >= 15 is 0 Å². The molecule has 18 heavy (non-hydrogen) atoms. The van der Waals surface area contributed by atoms with E-state index in [1.807, 2.05) is 36.4 Å². The SMILES string of the molecule is C#Cc1cccc2c(C#C)c3ccccc3cc12. The zero-order chi connectivity index (χ0) is 12.5. The van der Waals surface area contributed by atoms with Crippen LogP contribution in [-0.4, -0.2) is 0 Å². The molecule has 0 spiro atoms. The second kappa shape index (κ2) is 3.95. The van der Waals surface area contributed by atoms with Crippen molar-refractivity contribution in [1.82, 2.24) is 0 Å². The van der Waals surface area contributed by atoms with Crippen molar-refractivity contribution in [1.29, 1.82) is 0 Å². The molecule has 0 heteroatoms. The van der Waals surface area contributed by atoms with E-state index in [1.165, 1.54) is 0 Å². The molecule has 0 atom stereocenters. The van der Waals surface area contributed by atoms with E-state index in [2.05, 4.69) is 24.0 Å². The van der Waals surface area contributed by atoms with Crippen molar-refractivity contribution in [2.75, 3.05) is 0 Å². The minimum absolute atomic E-state index is 0.884. The van der Waals surface area contributed by atoms with E-state index in [4.69, 9.17) is 12.8 Å². The molecule has 0 aliphatic heterocycles. The van der Waals surface area contributed by atoms with Crippen molar-refractivity contribution in [3.05, 3.63) is 59.7 Å². The van der Waals surface area contributed by atoms with Gasteiger partial charge in [-0.3, -0.25) is 0 Å². The van der Waals surface area contributed by atoms with E-state index in [-0.39, 0.29) is 0 Å². The average Bonchev–Trinajstić information content (AvgIpc) is 2.44. The molecule has 0 bridgehead atoms. The van der Waals surface area contributed by atoms with Crippen molar-refractivity contribution < 1.29 is 0 Å². The fraction of sp³-hybridized carbons (Fsp3) is 0. The van der Waals surface area contributed by atoms with Crippen LogP contribution in [0.25, 0.3) is 21.5 Å². The number of benzene rings is 3. The topological polar surface area (TPSA) is 0 Å². The highest BCUT2D eigenvalue weighted by molar-refractivity contribution is 6.06. The summed E-state index contributed by atoms with van der Waals surface area (Å²) in [6, 6.07) is 16.1. The Morgan fingerprint density at radius 1 is 0.722 bits per heavy atom. The van der Waals surface area contributed by atoms with E-state index < -0.39 is 0 Å². The third kappa shape index (κ3) is 1.37. The average molecular weight is 226 g/mol. The summed E-state index contributed by atoms with van der Waals surface area (Å²) in [7, 11) is 0. The van der Waals surface area contributed by atoms with E-state index in [0.717, 1.165) is 32.7 Å². The lowest BCUT2D eigenvalue weighted by Gasteiger charge is -2.08. The van der Waals surface area contributed by atoms with Crippen LogP contribution in [0.15, 0.2) is 48.5 Å². The summed E-state index contributed by atoms with van der Waals surface area (Å²) in [5, 5.41) is 4.32. The van der Waals surface area contributed by atoms with Crippen molar-refractivity contribution in [3.63, 3.8) is 0 Å². The third-order valence-electron chi connectivity index (χ3n) is 3.21. The van der Waals surface area contributed by atoms with Gasteiger partial charge in [0.15, 0.2) is 0 Å². The summed E-state index contributed by atoms with van der Waals surface area (Å²) in [6.45, 7) is 0. The van der Waals surface area contributed by atoms with Crippen LogP contribution in [0.1, 0.15) is 11.1 Å². The van der Waals surface area contributed by atoms with Crippen LogP contribution in [0, 0.1) is 24.7 Å². The number of hydrogen-bond donors (Lipinski definition) is 0. The molecule has 0 nitrogen and oxygen atoms in total. The number of hydrogen-bond acceptors (Lipinski definition) is 0. The molecule has 0 fully saturated rings. The number of fused-ring (bicyclic) bond motifs is 2. The molecule has 0 aliphatic carbocycles. The lowest BCUT2D eigenvalue weighted by molar-refractivity contribution is 1.70. The van der Waals surface area contributed by atoms with Gasteiger partial charge in [-0.25, -0.2) is 0 Å². The first-order valence-electron chi connectivity index (χ1n) is 5.73. The van der Waals surface area contributed by atoms with Gasteiger partial charge < -0.3 is 0 Å². The van der Waals surface area contributed by atoms with E-state index in [0.29, 0.717) is 0 Å².